The lowest BCUT2D eigenvalue weighted by Gasteiger charge is -2.06. The summed E-state index contributed by atoms with van der Waals surface area (Å²) in [6.07, 6.45) is 0. The van der Waals surface area contributed by atoms with E-state index in [1.165, 1.54) is 0 Å². The third kappa shape index (κ3) is 2.38. The molecule has 0 spiro atoms. The molecule has 2 N–H and O–H groups in total. The molecule has 0 aliphatic carbocycles. The SMILES string of the molecule is COc1ccc(-c2cc(-c3c(O)ccc4ccccc34)[nH]n2)cc1. The van der Waals surface area contributed by atoms with Crippen LogP contribution in [0, 0.1) is 0 Å². The van der Waals surface area contributed by atoms with Crippen LogP contribution < -0.4 is 4.74 Å². The Morgan fingerprint density at radius 1 is 0.958 bits per heavy atom. The lowest BCUT2D eigenvalue weighted by Crippen LogP contribution is -1.83. The molecule has 0 aliphatic heterocycles. The summed E-state index contributed by atoms with van der Waals surface area (Å²) in [7, 11) is 1.64. The largest absolute Gasteiger partial charge is 0.507 e. The number of hydrogen-bond acceptors (Lipinski definition) is 3. The van der Waals surface area contributed by atoms with Crippen molar-refractivity contribution in [3.8, 4) is 34.0 Å². The molecule has 4 rings (SSSR count). The van der Waals surface area contributed by atoms with Gasteiger partial charge in [0.15, 0.2) is 0 Å². The summed E-state index contributed by atoms with van der Waals surface area (Å²) in [5.41, 5.74) is 3.36. The van der Waals surface area contributed by atoms with E-state index < -0.39 is 0 Å². The Labute approximate surface area is 139 Å². The van der Waals surface area contributed by atoms with Crippen LogP contribution in [0.3, 0.4) is 0 Å². The molecule has 0 saturated heterocycles. The summed E-state index contributed by atoms with van der Waals surface area (Å²) < 4.78 is 5.18. The fourth-order valence-electron chi connectivity index (χ4n) is 2.90. The van der Waals surface area contributed by atoms with Crippen molar-refractivity contribution < 1.29 is 9.84 Å². The van der Waals surface area contributed by atoms with E-state index in [2.05, 4.69) is 10.2 Å². The van der Waals surface area contributed by atoms with E-state index in [-0.39, 0.29) is 5.75 Å². The molecule has 0 unspecified atom stereocenters. The van der Waals surface area contributed by atoms with Crippen molar-refractivity contribution in [1.29, 1.82) is 0 Å². The second-order valence-electron chi connectivity index (χ2n) is 5.58. The topological polar surface area (TPSA) is 58.1 Å². The molecule has 0 radical (unpaired) electrons. The van der Waals surface area contributed by atoms with Gasteiger partial charge in [0.05, 0.1) is 18.5 Å². The molecular formula is C20H16N2O2. The standard InChI is InChI=1S/C20H16N2O2/c1-24-15-9-6-14(7-10-15)17-12-18(22-21-17)20-16-5-3-2-4-13(16)8-11-19(20)23/h2-12,23H,1H3,(H,21,22). The van der Waals surface area contributed by atoms with Crippen LogP contribution in [0.15, 0.2) is 66.7 Å². The van der Waals surface area contributed by atoms with Crippen LogP contribution in [0.25, 0.3) is 33.3 Å². The summed E-state index contributed by atoms with van der Waals surface area (Å²) in [6.45, 7) is 0. The van der Waals surface area contributed by atoms with E-state index in [0.717, 1.165) is 39.0 Å². The molecule has 0 atom stereocenters. The normalized spacial score (nSPS) is 10.9. The first-order chi connectivity index (χ1) is 11.8. The highest BCUT2D eigenvalue weighted by atomic mass is 16.5. The molecule has 1 heterocycles. The van der Waals surface area contributed by atoms with Gasteiger partial charge in [-0.3, -0.25) is 5.10 Å². The summed E-state index contributed by atoms with van der Waals surface area (Å²) in [4.78, 5) is 0. The second kappa shape index (κ2) is 5.74. The number of aromatic nitrogens is 2. The number of rotatable bonds is 3. The second-order valence-corrected chi connectivity index (χ2v) is 5.58. The van der Waals surface area contributed by atoms with Crippen LogP contribution in [0.2, 0.25) is 0 Å². The summed E-state index contributed by atoms with van der Waals surface area (Å²) >= 11 is 0. The van der Waals surface area contributed by atoms with Crippen LogP contribution in [0.4, 0.5) is 0 Å². The molecule has 0 aliphatic rings. The zero-order valence-corrected chi connectivity index (χ0v) is 13.2. The molecule has 0 fully saturated rings. The number of phenols is 1. The first kappa shape index (κ1) is 14.3. The maximum atomic E-state index is 10.3. The molecule has 3 aromatic carbocycles. The fourth-order valence-corrected chi connectivity index (χ4v) is 2.90. The number of phenolic OH excluding ortho intramolecular Hbond substituents is 1. The maximum absolute atomic E-state index is 10.3. The van der Waals surface area contributed by atoms with Crippen LogP contribution in [0.1, 0.15) is 0 Å². The van der Waals surface area contributed by atoms with E-state index in [9.17, 15) is 5.11 Å². The lowest BCUT2D eigenvalue weighted by molar-refractivity contribution is 0.415. The molecule has 0 saturated carbocycles. The molecule has 0 bridgehead atoms. The molecule has 0 amide bonds. The van der Waals surface area contributed by atoms with E-state index in [4.69, 9.17) is 4.74 Å². The van der Waals surface area contributed by atoms with Crippen molar-refractivity contribution in [3.63, 3.8) is 0 Å². The lowest BCUT2D eigenvalue weighted by atomic mass is 10.0. The minimum atomic E-state index is 0.235. The van der Waals surface area contributed by atoms with Crippen LogP contribution in [-0.2, 0) is 0 Å². The molecular weight excluding hydrogens is 300 g/mol. The summed E-state index contributed by atoms with van der Waals surface area (Å²) in [5, 5.41) is 19.8. The highest BCUT2D eigenvalue weighted by Gasteiger charge is 2.13. The van der Waals surface area contributed by atoms with Crippen molar-refractivity contribution in [1.82, 2.24) is 10.2 Å². The van der Waals surface area contributed by atoms with Crippen molar-refractivity contribution >= 4 is 10.8 Å². The molecule has 24 heavy (non-hydrogen) atoms. The van der Waals surface area contributed by atoms with E-state index in [1.807, 2.05) is 60.7 Å². The van der Waals surface area contributed by atoms with E-state index >= 15 is 0 Å². The maximum Gasteiger partial charge on any atom is 0.125 e. The zero-order chi connectivity index (χ0) is 16.5. The Morgan fingerprint density at radius 3 is 2.54 bits per heavy atom. The number of nitrogens with zero attached hydrogens (tertiary/aromatic N) is 1. The monoisotopic (exact) mass is 316 g/mol. The number of hydrogen-bond donors (Lipinski definition) is 2. The van der Waals surface area contributed by atoms with Gasteiger partial charge < -0.3 is 9.84 Å². The Morgan fingerprint density at radius 2 is 1.75 bits per heavy atom. The van der Waals surface area contributed by atoms with Crippen molar-refractivity contribution in [2.75, 3.05) is 7.11 Å². The van der Waals surface area contributed by atoms with Gasteiger partial charge in [-0.2, -0.15) is 5.10 Å². The Bertz CT molecular complexity index is 1000. The van der Waals surface area contributed by atoms with Gasteiger partial charge in [-0.1, -0.05) is 30.3 Å². The number of H-pyrrole nitrogens is 1. The van der Waals surface area contributed by atoms with Gasteiger partial charge in [-0.05, 0) is 47.2 Å². The number of fused-ring (bicyclic) bond motifs is 1. The third-order valence-corrected chi connectivity index (χ3v) is 4.14. The molecule has 1 aromatic heterocycles. The van der Waals surface area contributed by atoms with Crippen molar-refractivity contribution in [2.24, 2.45) is 0 Å². The van der Waals surface area contributed by atoms with Crippen molar-refractivity contribution in [2.45, 2.75) is 0 Å². The highest BCUT2D eigenvalue weighted by molar-refractivity contribution is 5.99. The van der Waals surface area contributed by atoms with Crippen LogP contribution in [-0.4, -0.2) is 22.4 Å². The number of benzene rings is 3. The van der Waals surface area contributed by atoms with Gasteiger partial charge in [0.25, 0.3) is 0 Å². The predicted molar refractivity (Wildman–Crippen MR) is 95.2 cm³/mol. The predicted octanol–water partition coefficient (Wildman–Crippen LogP) is 4.61. The number of aromatic amines is 1. The Balaban J connectivity index is 1.81. The van der Waals surface area contributed by atoms with Crippen LogP contribution in [0.5, 0.6) is 11.5 Å². The first-order valence-corrected chi connectivity index (χ1v) is 7.67. The Hall–Kier alpha value is -3.27. The minimum absolute atomic E-state index is 0.235. The number of ether oxygens (including phenoxy) is 1. The average Bonchev–Trinajstić information content (AvgIpc) is 3.11. The van der Waals surface area contributed by atoms with Gasteiger partial charge in [-0.25, -0.2) is 0 Å². The smallest absolute Gasteiger partial charge is 0.125 e. The zero-order valence-electron chi connectivity index (χ0n) is 13.2. The van der Waals surface area contributed by atoms with Gasteiger partial charge >= 0.3 is 0 Å². The van der Waals surface area contributed by atoms with Gasteiger partial charge in [-0.15, -0.1) is 0 Å². The van der Waals surface area contributed by atoms with Crippen LogP contribution >= 0.6 is 0 Å². The minimum Gasteiger partial charge on any atom is -0.507 e. The number of aromatic hydroxyl groups is 1. The third-order valence-electron chi connectivity index (χ3n) is 4.14. The van der Waals surface area contributed by atoms with Gasteiger partial charge in [0.1, 0.15) is 11.5 Å². The van der Waals surface area contributed by atoms with E-state index in [1.54, 1.807) is 13.2 Å². The average molecular weight is 316 g/mol. The molecule has 4 heteroatoms. The number of nitrogens with one attached hydrogen (secondary N) is 1. The van der Waals surface area contributed by atoms with Gasteiger partial charge in [0.2, 0.25) is 0 Å². The van der Waals surface area contributed by atoms with E-state index in [0.29, 0.717) is 0 Å². The fraction of sp³-hybridized carbons (Fsp3) is 0.0500. The van der Waals surface area contributed by atoms with Crippen molar-refractivity contribution in [3.05, 3.63) is 66.7 Å². The first-order valence-electron chi connectivity index (χ1n) is 7.67. The summed E-state index contributed by atoms with van der Waals surface area (Å²) in [6, 6.07) is 21.3. The highest BCUT2D eigenvalue weighted by Crippen LogP contribution is 2.36. The van der Waals surface area contributed by atoms with Gasteiger partial charge in [0, 0.05) is 11.1 Å². The molecule has 4 aromatic rings. The Kier molecular flexibility index (Phi) is 3.43. The molecule has 4 nitrogen and oxygen atoms in total. The quantitative estimate of drug-likeness (QED) is 0.580. The molecule has 118 valence electrons. The number of methoxy groups -OCH3 is 1. The summed E-state index contributed by atoms with van der Waals surface area (Å²) in [5.74, 6) is 1.04.